The molecule has 0 unspecified atom stereocenters. The largest absolute Gasteiger partial charge is 0.383 e. The minimum absolute atomic E-state index is 0.142. The van der Waals surface area contributed by atoms with Gasteiger partial charge in [0.05, 0.1) is 11.3 Å². The lowest BCUT2D eigenvalue weighted by molar-refractivity contribution is 0.152. The maximum Gasteiger partial charge on any atom is 0.267 e. The topological polar surface area (TPSA) is 56.7 Å². The molecule has 0 radical (unpaired) electrons. The van der Waals surface area contributed by atoms with Crippen molar-refractivity contribution < 1.29 is 8.78 Å². The van der Waals surface area contributed by atoms with Crippen LogP contribution in [0.15, 0.2) is 24.5 Å². The van der Waals surface area contributed by atoms with Crippen molar-refractivity contribution in [1.82, 2.24) is 14.8 Å². The van der Waals surface area contributed by atoms with E-state index >= 15 is 0 Å². The molecule has 0 aliphatic rings. The zero-order valence-electron chi connectivity index (χ0n) is 10.1. The van der Waals surface area contributed by atoms with Gasteiger partial charge in [0.25, 0.3) is 6.43 Å². The Labute approximate surface area is 103 Å². The third kappa shape index (κ3) is 2.32. The summed E-state index contributed by atoms with van der Waals surface area (Å²) in [5, 5.41) is 4.30. The molecule has 0 atom stereocenters. The maximum atomic E-state index is 12.7. The molecule has 18 heavy (non-hydrogen) atoms. The van der Waals surface area contributed by atoms with Gasteiger partial charge < -0.3 is 5.73 Å². The van der Waals surface area contributed by atoms with Crippen LogP contribution in [0.3, 0.4) is 0 Å². The average molecular weight is 252 g/mol. The Hall–Kier alpha value is -1.98. The molecule has 2 N–H and O–H groups in total. The number of hydrogen-bond donors (Lipinski definition) is 1. The van der Waals surface area contributed by atoms with E-state index in [2.05, 4.69) is 10.1 Å². The van der Waals surface area contributed by atoms with Crippen molar-refractivity contribution in [3.05, 3.63) is 30.1 Å². The first-order chi connectivity index (χ1) is 8.49. The van der Waals surface area contributed by atoms with Crippen molar-refractivity contribution in [2.45, 2.75) is 26.3 Å². The Morgan fingerprint density at radius 2 is 2.06 bits per heavy atom. The quantitative estimate of drug-likeness (QED) is 0.913. The average Bonchev–Trinajstić information content (AvgIpc) is 2.78. The molecule has 0 bridgehead atoms. The second-order valence-electron chi connectivity index (χ2n) is 4.27. The summed E-state index contributed by atoms with van der Waals surface area (Å²) in [4.78, 5) is 3.78. The number of alkyl halides is 2. The molecule has 0 spiro atoms. The van der Waals surface area contributed by atoms with E-state index in [1.807, 2.05) is 13.8 Å². The van der Waals surface area contributed by atoms with Crippen LogP contribution < -0.4 is 5.73 Å². The van der Waals surface area contributed by atoms with Crippen LogP contribution in [0.1, 0.15) is 31.9 Å². The van der Waals surface area contributed by atoms with E-state index in [0.29, 0.717) is 11.3 Å². The molecule has 96 valence electrons. The highest BCUT2D eigenvalue weighted by Gasteiger charge is 2.14. The summed E-state index contributed by atoms with van der Waals surface area (Å²) in [7, 11) is 0. The van der Waals surface area contributed by atoms with Gasteiger partial charge in [0, 0.05) is 24.0 Å². The maximum absolute atomic E-state index is 12.7. The molecule has 2 aromatic heterocycles. The van der Waals surface area contributed by atoms with Gasteiger partial charge >= 0.3 is 0 Å². The molecule has 6 heteroatoms. The van der Waals surface area contributed by atoms with Crippen molar-refractivity contribution >= 4 is 5.82 Å². The van der Waals surface area contributed by atoms with Gasteiger partial charge in [0.2, 0.25) is 0 Å². The van der Waals surface area contributed by atoms with Crippen molar-refractivity contribution in [3.8, 4) is 11.3 Å². The van der Waals surface area contributed by atoms with Gasteiger partial charge in [-0.05, 0) is 26.0 Å². The molecule has 0 aromatic carbocycles. The van der Waals surface area contributed by atoms with Gasteiger partial charge in [0.1, 0.15) is 5.82 Å². The highest BCUT2D eigenvalue weighted by molar-refractivity contribution is 5.61. The summed E-state index contributed by atoms with van der Waals surface area (Å²) in [5.41, 5.74) is 6.30. The van der Waals surface area contributed by atoms with E-state index in [1.165, 1.54) is 12.3 Å². The molecule has 4 nitrogen and oxygen atoms in total. The van der Waals surface area contributed by atoms with E-state index < -0.39 is 6.43 Å². The van der Waals surface area contributed by atoms with Gasteiger partial charge in [-0.25, -0.2) is 13.8 Å². The van der Waals surface area contributed by atoms with Crippen molar-refractivity contribution in [2.24, 2.45) is 0 Å². The summed E-state index contributed by atoms with van der Waals surface area (Å²) >= 11 is 0. The summed E-state index contributed by atoms with van der Waals surface area (Å²) in [6.07, 6.45) is 0.622. The van der Waals surface area contributed by atoms with Crippen molar-refractivity contribution in [2.75, 3.05) is 5.73 Å². The third-order valence-electron chi connectivity index (χ3n) is 2.62. The molecule has 2 rings (SSSR count). The normalized spacial score (nSPS) is 11.4. The predicted octanol–water partition coefficient (Wildman–Crippen LogP) is 3.05. The van der Waals surface area contributed by atoms with Gasteiger partial charge in [-0.2, -0.15) is 5.10 Å². The summed E-state index contributed by atoms with van der Waals surface area (Å²) in [6.45, 7) is 3.98. The number of hydrogen-bond acceptors (Lipinski definition) is 3. The number of anilines is 1. The van der Waals surface area contributed by atoms with Crippen LogP contribution >= 0.6 is 0 Å². The number of pyridine rings is 1. The summed E-state index contributed by atoms with van der Waals surface area (Å²) in [5.74, 6) is -0.142. The molecule has 0 amide bonds. The van der Waals surface area contributed by atoms with Crippen LogP contribution in [0, 0.1) is 0 Å². The van der Waals surface area contributed by atoms with E-state index in [0.717, 1.165) is 0 Å². The van der Waals surface area contributed by atoms with Gasteiger partial charge in [-0.3, -0.25) is 4.68 Å². The van der Waals surface area contributed by atoms with Gasteiger partial charge in [-0.1, -0.05) is 0 Å². The van der Waals surface area contributed by atoms with E-state index in [9.17, 15) is 8.78 Å². The fourth-order valence-corrected chi connectivity index (χ4v) is 1.59. The standard InChI is InChI=1S/C12H14F2N4/c1-7(2)18-4-3-10(17-18)8-5-9(11(13)14)12(15)16-6-8/h3-7,11H,1-2H3,(H2,15,16). The highest BCUT2D eigenvalue weighted by atomic mass is 19.3. The number of nitrogen functional groups attached to an aromatic ring is 1. The lowest BCUT2D eigenvalue weighted by Gasteiger charge is -2.06. The second-order valence-corrected chi connectivity index (χ2v) is 4.27. The number of aromatic nitrogens is 3. The highest BCUT2D eigenvalue weighted by Crippen LogP contribution is 2.28. The van der Waals surface area contributed by atoms with Crippen LogP contribution in [0.2, 0.25) is 0 Å². The first kappa shape index (κ1) is 12.5. The minimum Gasteiger partial charge on any atom is -0.383 e. The lowest BCUT2D eigenvalue weighted by atomic mass is 10.1. The van der Waals surface area contributed by atoms with Crippen molar-refractivity contribution in [1.29, 1.82) is 0 Å². The fourth-order valence-electron chi connectivity index (χ4n) is 1.59. The Kier molecular flexibility index (Phi) is 3.27. The van der Waals surface area contributed by atoms with E-state index in [4.69, 9.17) is 5.73 Å². The molecular formula is C12H14F2N4. The summed E-state index contributed by atoms with van der Waals surface area (Å²) < 4.78 is 27.2. The summed E-state index contributed by atoms with van der Waals surface area (Å²) in [6, 6.07) is 3.32. The molecule has 0 fully saturated rings. The first-order valence-corrected chi connectivity index (χ1v) is 5.58. The fraction of sp³-hybridized carbons (Fsp3) is 0.333. The first-order valence-electron chi connectivity index (χ1n) is 5.58. The van der Waals surface area contributed by atoms with Gasteiger partial charge in [-0.15, -0.1) is 0 Å². The number of nitrogens with two attached hydrogens (primary N) is 1. The smallest absolute Gasteiger partial charge is 0.267 e. The SMILES string of the molecule is CC(C)n1ccc(-c2cnc(N)c(C(F)F)c2)n1. The molecule has 0 aliphatic heterocycles. The Balaban J connectivity index is 2.41. The van der Waals surface area contributed by atoms with Gasteiger partial charge in [0.15, 0.2) is 0 Å². The Bertz CT molecular complexity index is 549. The number of nitrogens with zero attached hydrogens (tertiary/aromatic N) is 3. The van der Waals surface area contributed by atoms with Crippen LogP contribution in [-0.4, -0.2) is 14.8 Å². The minimum atomic E-state index is -2.63. The Morgan fingerprint density at radius 1 is 1.33 bits per heavy atom. The number of halogens is 2. The van der Waals surface area contributed by atoms with E-state index in [-0.39, 0.29) is 17.4 Å². The molecule has 0 aliphatic carbocycles. The van der Waals surface area contributed by atoms with E-state index in [1.54, 1.807) is 16.9 Å². The van der Waals surface area contributed by atoms with Crippen molar-refractivity contribution in [3.63, 3.8) is 0 Å². The molecule has 0 saturated carbocycles. The monoisotopic (exact) mass is 252 g/mol. The predicted molar refractivity (Wildman–Crippen MR) is 65.2 cm³/mol. The number of rotatable bonds is 3. The second kappa shape index (κ2) is 4.72. The zero-order chi connectivity index (χ0) is 13.3. The molecule has 2 heterocycles. The van der Waals surface area contributed by atoms with Crippen LogP contribution in [0.25, 0.3) is 11.3 Å². The third-order valence-corrected chi connectivity index (χ3v) is 2.62. The molecule has 0 saturated heterocycles. The van der Waals surface area contributed by atoms with Crippen LogP contribution in [0.4, 0.5) is 14.6 Å². The molecule has 2 aromatic rings. The van der Waals surface area contributed by atoms with Crippen LogP contribution in [-0.2, 0) is 0 Å². The van der Waals surface area contributed by atoms with Crippen LogP contribution in [0.5, 0.6) is 0 Å². The lowest BCUT2D eigenvalue weighted by Crippen LogP contribution is -2.01. The zero-order valence-corrected chi connectivity index (χ0v) is 10.1. The Morgan fingerprint density at radius 3 is 2.61 bits per heavy atom. The molecular weight excluding hydrogens is 238 g/mol.